The van der Waals surface area contributed by atoms with E-state index in [0.29, 0.717) is 0 Å². The van der Waals surface area contributed by atoms with Crippen LogP contribution in [0.4, 0.5) is 5.69 Å². The fourth-order valence-electron chi connectivity index (χ4n) is 5.12. The number of hydrogen-bond donors (Lipinski definition) is 2. The number of amides is 1. The molecule has 178 valence electrons. The van der Waals surface area contributed by atoms with E-state index >= 15 is 0 Å². The fourth-order valence-corrected chi connectivity index (χ4v) is 5.12. The molecule has 1 aliphatic carbocycles. The molecule has 3 heterocycles. The Hall–Kier alpha value is -3.71. The minimum absolute atomic E-state index is 0.0131. The standard InChI is InChI=1S/C28H30N6O/c1-19-7-8-21(34-13-11-29-12-14-34)15-23(19)27(35)32-28(9-10-28)24-16-26(20-17-30-33(2)18-20)31-25-6-4-3-5-22(24)25/h3-8,15-18,29H,9-14H2,1-2H3,(H,32,35). The second kappa shape index (κ2) is 8.50. The number of nitrogens with one attached hydrogen (secondary N) is 2. The van der Waals surface area contributed by atoms with E-state index in [4.69, 9.17) is 4.98 Å². The minimum atomic E-state index is -0.381. The van der Waals surface area contributed by atoms with E-state index in [1.807, 2.05) is 44.6 Å². The molecule has 35 heavy (non-hydrogen) atoms. The SMILES string of the molecule is Cc1ccc(N2CCNCC2)cc1C(=O)NC1(c2cc(-c3cnn(C)c3)nc3ccccc23)CC1. The predicted octanol–water partition coefficient (Wildman–Crippen LogP) is 3.77. The van der Waals surface area contributed by atoms with Crippen LogP contribution in [0.5, 0.6) is 0 Å². The molecule has 4 aromatic rings. The first-order valence-electron chi connectivity index (χ1n) is 12.3. The zero-order chi connectivity index (χ0) is 24.0. The van der Waals surface area contributed by atoms with Crippen molar-refractivity contribution in [2.24, 2.45) is 7.05 Å². The van der Waals surface area contributed by atoms with E-state index in [1.165, 1.54) is 0 Å². The lowest BCUT2D eigenvalue weighted by atomic mass is 9.96. The van der Waals surface area contributed by atoms with Crippen molar-refractivity contribution in [1.29, 1.82) is 0 Å². The molecular formula is C28H30N6O. The smallest absolute Gasteiger partial charge is 0.252 e. The first kappa shape index (κ1) is 21.8. The van der Waals surface area contributed by atoms with Gasteiger partial charge < -0.3 is 15.5 Å². The van der Waals surface area contributed by atoms with E-state index in [2.05, 4.69) is 51.0 Å². The van der Waals surface area contributed by atoms with Gasteiger partial charge in [0.05, 0.1) is 22.9 Å². The summed E-state index contributed by atoms with van der Waals surface area (Å²) in [6.45, 7) is 5.85. The summed E-state index contributed by atoms with van der Waals surface area (Å²) in [4.78, 5) is 20.9. The minimum Gasteiger partial charge on any atom is -0.369 e. The van der Waals surface area contributed by atoms with Crippen molar-refractivity contribution in [3.63, 3.8) is 0 Å². The summed E-state index contributed by atoms with van der Waals surface area (Å²) in [7, 11) is 1.91. The van der Waals surface area contributed by atoms with Crippen LogP contribution in [0, 0.1) is 6.92 Å². The normalized spacial score (nSPS) is 16.9. The molecule has 1 saturated heterocycles. The van der Waals surface area contributed by atoms with E-state index in [0.717, 1.165) is 83.6 Å². The Morgan fingerprint density at radius 2 is 1.89 bits per heavy atom. The predicted molar refractivity (Wildman–Crippen MR) is 139 cm³/mol. The number of aryl methyl sites for hydroxylation is 2. The molecule has 2 aliphatic rings. The zero-order valence-electron chi connectivity index (χ0n) is 20.2. The Kier molecular flexibility index (Phi) is 5.29. The van der Waals surface area contributed by atoms with Crippen molar-refractivity contribution in [2.75, 3.05) is 31.1 Å². The average molecular weight is 467 g/mol. The first-order valence-corrected chi connectivity index (χ1v) is 12.3. The molecule has 6 rings (SSSR count). The monoisotopic (exact) mass is 466 g/mol. The number of aromatic nitrogens is 3. The molecule has 0 radical (unpaired) electrons. The molecule has 1 saturated carbocycles. The van der Waals surface area contributed by atoms with Crippen molar-refractivity contribution >= 4 is 22.5 Å². The summed E-state index contributed by atoms with van der Waals surface area (Å²) >= 11 is 0. The molecule has 7 nitrogen and oxygen atoms in total. The van der Waals surface area contributed by atoms with Gasteiger partial charge in [-0.3, -0.25) is 9.48 Å². The zero-order valence-corrected chi connectivity index (χ0v) is 20.2. The third-order valence-corrected chi connectivity index (χ3v) is 7.28. The van der Waals surface area contributed by atoms with Gasteiger partial charge in [0.2, 0.25) is 0 Å². The number of rotatable bonds is 5. The number of nitrogens with zero attached hydrogens (tertiary/aromatic N) is 4. The summed E-state index contributed by atoms with van der Waals surface area (Å²) in [5, 5.41) is 12.2. The number of carbonyl (C=O) groups excluding carboxylic acids is 1. The quantitative estimate of drug-likeness (QED) is 0.468. The highest BCUT2D eigenvalue weighted by atomic mass is 16.1. The Morgan fingerprint density at radius 1 is 1.09 bits per heavy atom. The maximum Gasteiger partial charge on any atom is 0.252 e. The third-order valence-electron chi connectivity index (χ3n) is 7.28. The van der Waals surface area contributed by atoms with Crippen molar-refractivity contribution in [1.82, 2.24) is 25.4 Å². The van der Waals surface area contributed by atoms with Gasteiger partial charge in [-0.25, -0.2) is 4.98 Å². The maximum atomic E-state index is 13.7. The van der Waals surface area contributed by atoms with Gasteiger partial charge in [-0.15, -0.1) is 0 Å². The molecule has 1 aliphatic heterocycles. The van der Waals surface area contributed by atoms with Crippen molar-refractivity contribution in [3.8, 4) is 11.3 Å². The molecule has 1 amide bonds. The molecule has 0 atom stereocenters. The van der Waals surface area contributed by atoms with Crippen LogP contribution >= 0.6 is 0 Å². The van der Waals surface area contributed by atoms with Crippen LogP contribution in [0.1, 0.15) is 34.3 Å². The van der Waals surface area contributed by atoms with Crippen molar-refractivity contribution in [2.45, 2.75) is 25.3 Å². The van der Waals surface area contributed by atoms with Crippen LogP contribution in [0.25, 0.3) is 22.2 Å². The molecule has 2 aromatic heterocycles. The van der Waals surface area contributed by atoms with Crippen LogP contribution in [0.3, 0.4) is 0 Å². The van der Waals surface area contributed by atoms with Crippen LogP contribution in [-0.2, 0) is 12.6 Å². The van der Waals surface area contributed by atoms with Crippen molar-refractivity contribution in [3.05, 3.63) is 77.6 Å². The topological polar surface area (TPSA) is 75.1 Å². The molecule has 2 fully saturated rings. The van der Waals surface area contributed by atoms with Crippen LogP contribution in [0.15, 0.2) is 60.9 Å². The highest BCUT2D eigenvalue weighted by Gasteiger charge is 2.47. The highest BCUT2D eigenvalue weighted by molar-refractivity contribution is 5.98. The lowest BCUT2D eigenvalue weighted by molar-refractivity contribution is 0.0930. The second-order valence-electron chi connectivity index (χ2n) is 9.75. The Labute approximate surface area is 205 Å². The van der Waals surface area contributed by atoms with Gasteiger partial charge in [0.1, 0.15) is 0 Å². The number of anilines is 1. The Balaban J connectivity index is 1.36. The molecule has 2 N–H and O–H groups in total. The number of pyridine rings is 1. The van der Waals surface area contributed by atoms with Gasteiger partial charge in [-0.2, -0.15) is 5.10 Å². The van der Waals surface area contributed by atoms with Crippen LogP contribution < -0.4 is 15.5 Å². The lowest BCUT2D eigenvalue weighted by Crippen LogP contribution is -2.43. The van der Waals surface area contributed by atoms with E-state index < -0.39 is 0 Å². The number of hydrogen-bond acceptors (Lipinski definition) is 5. The first-order chi connectivity index (χ1) is 17.0. The van der Waals surface area contributed by atoms with Gasteiger partial charge in [0, 0.05) is 61.6 Å². The summed E-state index contributed by atoms with van der Waals surface area (Å²) < 4.78 is 1.79. The maximum absolute atomic E-state index is 13.7. The largest absolute Gasteiger partial charge is 0.369 e. The summed E-state index contributed by atoms with van der Waals surface area (Å²) in [5.74, 6) is -0.0131. The second-order valence-corrected chi connectivity index (χ2v) is 9.75. The van der Waals surface area contributed by atoms with E-state index in [1.54, 1.807) is 4.68 Å². The molecule has 7 heteroatoms. The van der Waals surface area contributed by atoms with Gasteiger partial charge in [0.25, 0.3) is 5.91 Å². The number of benzene rings is 2. The highest BCUT2D eigenvalue weighted by Crippen LogP contribution is 2.49. The van der Waals surface area contributed by atoms with Crippen LogP contribution in [-0.4, -0.2) is 46.9 Å². The number of piperazine rings is 1. The van der Waals surface area contributed by atoms with E-state index in [9.17, 15) is 4.79 Å². The number of fused-ring (bicyclic) bond motifs is 1. The van der Waals surface area contributed by atoms with E-state index in [-0.39, 0.29) is 11.4 Å². The molecule has 0 bridgehead atoms. The molecule has 0 unspecified atom stereocenters. The van der Waals surface area contributed by atoms with Gasteiger partial charge in [-0.1, -0.05) is 24.3 Å². The lowest BCUT2D eigenvalue weighted by Gasteiger charge is -2.30. The van der Waals surface area contributed by atoms with Gasteiger partial charge >= 0.3 is 0 Å². The summed E-state index contributed by atoms with van der Waals surface area (Å²) in [6, 6.07) is 16.6. The van der Waals surface area contributed by atoms with Gasteiger partial charge in [0.15, 0.2) is 0 Å². The third kappa shape index (κ3) is 4.06. The Bertz CT molecular complexity index is 1410. The van der Waals surface area contributed by atoms with Gasteiger partial charge in [-0.05, 0) is 55.2 Å². The number of carbonyl (C=O) groups is 1. The molecule has 0 spiro atoms. The summed E-state index contributed by atoms with van der Waals surface area (Å²) in [5.41, 5.74) is 6.39. The molecule has 2 aromatic carbocycles. The average Bonchev–Trinajstić information content (AvgIpc) is 3.53. The fraction of sp³-hybridized carbons (Fsp3) is 0.321. The number of para-hydroxylation sites is 1. The summed E-state index contributed by atoms with van der Waals surface area (Å²) in [6.07, 6.45) is 5.64. The Morgan fingerprint density at radius 3 is 2.63 bits per heavy atom. The van der Waals surface area contributed by atoms with Crippen molar-refractivity contribution < 1.29 is 4.79 Å². The van der Waals surface area contributed by atoms with Crippen LogP contribution in [0.2, 0.25) is 0 Å². The molecular weight excluding hydrogens is 436 g/mol.